The molecule has 1 aromatic carbocycles. The van der Waals surface area contributed by atoms with Gasteiger partial charge in [0, 0.05) is 37.8 Å². The van der Waals surface area contributed by atoms with Gasteiger partial charge in [0.05, 0.1) is 22.1 Å². The third-order valence-corrected chi connectivity index (χ3v) is 7.06. The monoisotopic (exact) mass is 507 g/mol. The average Bonchev–Trinajstić information content (AvgIpc) is 3.40. The van der Waals surface area contributed by atoms with E-state index in [1.165, 1.54) is 34.2 Å². The first-order valence-corrected chi connectivity index (χ1v) is 12.2. The largest absolute Gasteiger partial charge is 0.366 e. The highest BCUT2D eigenvalue weighted by molar-refractivity contribution is 7.12. The Labute approximate surface area is 209 Å². The van der Waals surface area contributed by atoms with Crippen molar-refractivity contribution >= 4 is 45.6 Å². The minimum Gasteiger partial charge on any atom is -0.366 e. The van der Waals surface area contributed by atoms with E-state index in [1.54, 1.807) is 29.2 Å². The number of rotatable bonds is 4. The normalized spacial score (nSPS) is 13.7. The molecule has 1 saturated heterocycles. The van der Waals surface area contributed by atoms with Crippen LogP contribution in [0.5, 0.6) is 0 Å². The first-order chi connectivity index (χ1) is 17.0. The maximum absolute atomic E-state index is 13.8. The molecule has 0 unspecified atom stereocenters. The Morgan fingerprint density at radius 2 is 1.97 bits per heavy atom. The van der Waals surface area contributed by atoms with Crippen LogP contribution in [0.2, 0.25) is 5.02 Å². The second kappa shape index (κ2) is 9.49. The second-order valence-corrected chi connectivity index (χ2v) is 9.52. The van der Waals surface area contributed by atoms with E-state index >= 15 is 0 Å². The van der Waals surface area contributed by atoms with Crippen molar-refractivity contribution in [2.45, 2.75) is 6.54 Å². The van der Waals surface area contributed by atoms with Crippen LogP contribution in [0.15, 0.2) is 58.8 Å². The molecule has 4 heterocycles. The molecule has 10 heteroatoms. The number of pyridine rings is 2. The summed E-state index contributed by atoms with van der Waals surface area (Å²) in [7, 11) is 0. The second-order valence-electron chi connectivity index (χ2n) is 8.14. The maximum Gasteiger partial charge on any atom is 0.272 e. The van der Waals surface area contributed by atoms with Gasteiger partial charge in [0.15, 0.2) is 0 Å². The smallest absolute Gasteiger partial charge is 0.272 e. The van der Waals surface area contributed by atoms with Crippen LogP contribution < -0.4 is 10.5 Å². The summed E-state index contributed by atoms with van der Waals surface area (Å²) >= 11 is 7.67. The summed E-state index contributed by atoms with van der Waals surface area (Å²) in [5, 5.41) is 12.8. The molecule has 1 aliphatic rings. The van der Waals surface area contributed by atoms with E-state index in [0.29, 0.717) is 58.4 Å². The minimum atomic E-state index is -0.508. The number of carbonyl (C=O) groups excluding carboxylic acids is 1. The van der Waals surface area contributed by atoms with Crippen molar-refractivity contribution in [3.8, 4) is 6.07 Å². The van der Waals surface area contributed by atoms with Gasteiger partial charge in [0.25, 0.3) is 11.5 Å². The molecule has 0 N–H and O–H groups in total. The minimum absolute atomic E-state index is 0.0276. The molecule has 3 aromatic heterocycles. The lowest BCUT2D eigenvalue weighted by Crippen LogP contribution is -2.49. The molecule has 7 nitrogen and oxygen atoms in total. The van der Waals surface area contributed by atoms with Crippen molar-refractivity contribution in [2.24, 2.45) is 0 Å². The third-order valence-electron chi connectivity index (χ3n) is 6.00. The molecule has 0 aliphatic carbocycles. The zero-order chi connectivity index (χ0) is 24.5. The van der Waals surface area contributed by atoms with Crippen LogP contribution in [-0.2, 0) is 6.54 Å². The molecule has 1 amide bonds. The van der Waals surface area contributed by atoms with Crippen LogP contribution in [0.3, 0.4) is 0 Å². The van der Waals surface area contributed by atoms with Gasteiger partial charge in [-0.1, -0.05) is 29.8 Å². The zero-order valence-electron chi connectivity index (χ0n) is 18.4. The Morgan fingerprint density at radius 3 is 2.66 bits per heavy atom. The summed E-state index contributed by atoms with van der Waals surface area (Å²) in [5.41, 5.74) is 0.848. The molecule has 1 aliphatic heterocycles. The van der Waals surface area contributed by atoms with Crippen LogP contribution in [0, 0.1) is 17.1 Å². The van der Waals surface area contributed by atoms with E-state index in [2.05, 4.69) is 11.1 Å². The first-order valence-electron chi connectivity index (χ1n) is 10.9. The number of halogens is 2. The maximum atomic E-state index is 13.8. The number of fused-ring (bicyclic) bond motifs is 1. The molecule has 4 aromatic rings. The highest BCUT2D eigenvalue weighted by Gasteiger charge is 2.28. The molecule has 0 atom stereocenters. The summed E-state index contributed by atoms with van der Waals surface area (Å²) in [6.07, 6.45) is 1.44. The Morgan fingerprint density at radius 1 is 1.17 bits per heavy atom. The summed E-state index contributed by atoms with van der Waals surface area (Å²) < 4.78 is 15.1. The quantitative estimate of drug-likeness (QED) is 0.415. The lowest BCUT2D eigenvalue weighted by molar-refractivity contribution is 0.0751. The lowest BCUT2D eigenvalue weighted by Gasteiger charge is -2.36. The third kappa shape index (κ3) is 4.38. The molecule has 0 bridgehead atoms. The van der Waals surface area contributed by atoms with Crippen molar-refractivity contribution in [2.75, 3.05) is 31.1 Å². The highest BCUT2D eigenvalue weighted by Crippen LogP contribution is 2.31. The summed E-state index contributed by atoms with van der Waals surface area (Å²) in [6, 6.07) is 13.3. The van der Waals surface area contributed by atoms with Gasteiger partial charge in [-0.3, -0.25) is 14.2 Å². The number of thiophene rings is 1. The predicted octanol–water partition coefficient (Wildman–Crippen LogP) is 4.13. The summed E-state index contributed by atoms with van der Waals surface area (Å²) in [6.45, 7) is 1.84. The fourth-order valence-electron chi connectivity index (χ4n) is 4.37. The summed E-state index contributed by atoms with van der Waals surface area (Å²) in [5.74, 6) is -0.441. The van der Waals surface area contributed by atoms with E-state index in [-0.39, 0.29) is 18.0 Å². The topological polar surface area (TPSA) is 82.2 Å². The van der Waals surface area contributed by atoms with Gasteiger partial charge in [-0.2, -0.15) is 5.26 Å². The first kappa shape index (κ1) is 23.0. The fourth-order valence-corrected chi connectivity index (χ4v) is 5.22. The lowest BCUT2D eigenvalue weighted by atomic mass is 10.1. The molecule has 0 radical (unpaired) electrons. The number of carbonyl (C=O) groups is 1. The van der Waals surface area contributed by atoms with Crippen molar-refractivity contribution in [1.29, 1.82) is 5.26 Å². The van der Waals surface area contributed by atoms with Crippen molar-refractivity contribution in [3.05, 3.63) is 91.2 Å². The molecular formula is C25H19ClFN5O2S. The molecule has 176 valence electrons. The molecule has 35 heavy (non-hydrogen) atoms. The number of anilines is 1. The number of nitrogens with zero attached hydrogens (tertiary/aromatic N) is 5. The number of aromatic nitrogens is 2. The van der Waals surface area contributed by atoms with Crippen LogP contribution in [0.1, 0.15) is 20.8 Å². The molecular weight excluding hydrogens is 489 g/mol. The fraction of sp³-hybridized carbons (Fsp3) is 0.200. The number of benzene rings is 1. The summed E-state index contributed by atoms with van der Waals surface area (Å²) in [4.78, 5) is 35.0. The van der Waals surface area contributed by atoms with E-state index in [1.807, 2.05) is 16.3 Å². The van der Waals surface area contributed by atoms with E-state index < -0.39 is 11.4 Å². The van der Waals surface area contributed by atoms with E-state index in [9.17, 15) is 19.2 Å². The van der Waals surface area contributed by atoms with Crippen LogP contribution in [0.4, 0.5) is 10.1 Å². The predicted molar refractivity (Wildman–Crippen MR) is 134 cm³/mol. The van der Waals surface area contributed by atoms with Crippen LogP contribution >= 0.6 is 22.9 Å². The number of hydrogen-bond donors (Lipinski definition) is 0. The van der Waals surface area contributed by atoms with Crippen LogP contribution in [0.25, 0.3) is 11.0 Å². The Bertz CT molecular complexity index is 1520. The standard InChI is InChI=1S/C25H19ClFN5O2S/c26-17-12-19-22(30-6-8-31(9-7-30)25(34)21-5-2-10-35-21)20(13-28)24(33)32(23(19)29-14-17)15-16-3-1-4-18(27)11-16/h1-5,10-12,14H,6-9,15H2. The van der Waals surface area contributed by atoms with Gasteiger partial charge in [-0.25, -0.2) is 9.37 Å². The SMILES string of the molecule is N#Cc1c(N2CCN(C(=O)c3cccs3)CC2)c2cc(Cl)cnc2n(Cc2cccc(F)c2)c1=O. The van der Waals surface area contributed by atoms with Gasteiger partial charge in [0.1, 0.15) is 23.1 Å². The molecule has 0 saturated carbocycles. The van der Waals surface area contributed by atoms with Crippen LogP contribution in [-0.4, -0.2) is 46.5 Å². The van der Waals surface area contributed by atoms with E-state index in [4.69, 9.17) is 11.6 Å². The highest BCUT2D eigenvalue weighted by atomic mass is 35.5. The number of amides is 1. The Kier molecular flexibility index (Phi) is 6.24. The number of hydrogen-bond acceptors (Lipinski definition) is 6. The molecule has 5 rings (SSSR count). The molecule has 0 spiro atoms. The van der Waals surface area contributed by atoms with Gasteiger partial charge < -0.3 is 9.80 Å². The number of nitriles is 1. The Hall–Kier alpha value is -3.74. The number of piperazine rings is 1. The molecule has 1 fully saturated rings. The Balaban J connectivity index is 1.55. The van der Waals surface area contributed by atoms with Gasteiger partial charge >= 0.3 is 0 Å². The zero-order valence-corrected chi connectivity index (χ0v) is 20.0. The van der Waals surface area contributed by atoms with Crippen molar-refractivity contribution in [1.82, 2.24) is 14.5 Å². The average molecular weight is 508 g/mol. The van der Waals surface area contributed by atoms with Gasteiger partial charge in [-0.05, 0) is 35.2 Å². The van der Waals surface area contributed by atoms with Crippen molar-refractivity contribution in [3.63, 3.8) is 0 Å². The van der Waals surface area contributed by atoms with Gasteiger partial charge in [0.2, 0.25) is 0 Å². The van der Waals surface area contributed by atoms with E-state index in [0.717, 1.165) is 0 Å². The van der Waals surface area contributed by atoms with Gasteiger partial charge in [-0.15, -0.1) is 11.3 Å². The van der Waals surface area contributed by atoms with Crippen molar-refractivity contribution < 1.29 is 9.18 Å².